The average Bonchev–Trinajstić information content (AvgIpc) is 2.80. The highest BCUT2D eigenvalue weighted by Gasteiger charge is 2.29. The van der Waals surface area contributed by atoms with Crippen molar-refractivity contribution in [2.24, 2.45) is 5.92 Å². The van der Waals surface area contributed by atoms with Crippen LogP contribution in [0.2, 0.25) is 0 Å². The van der Waals surface area contributed by atoms with Gasteiger partial charge in [0, 0.05) is 30.3 Å². The zero-order chi connectivity index (χ0) is 20.1. The zero-order valence-electron chi connectivity index (χ0n) is 16.3. The van der Waals surface area contributed by atoms with Crippen LogP contribution in [-0.4, -0.2) is 29.8 Å². The number of anilines is 1. The Morgan fingerprint density at radius 3 is 2.10 bits per heavy atom. The molecule has 146 valence electrons. The molecule has 1 aliphatic rings. The number of nitrogens with one attached hydrogen (secondary N) is 1. The highest BCUT2D eigenvalue weighted by Crippen LogP contribution is 2.24. The van der Waals surface area contributed by atoms with Gasteiger partial charge in [-0.1, -0.05) is 72.8 Å². The number of ketones is 1. The predicted molar refractivity (Wildman–Crippen MR) is 116 cm³/mol. The van der Waals surface area contributed by atoms with Gasteiger partial charge in [-0.05, 0) is 36.1 Å². The molecule has 1 N–H and O–H groups in total. The van der Waals surface area contributed by atoms with Crippen molar-refractivity contribution in [3.05, 3.63) is 90.5 Å². The maximum atomic E-state index is 13.0. The Morgan fingerprint density at radius 2 is 1.41 bits per heavy atom. The topological polar surface area (TPSA) is 49.4 Å². The predicted octanol–water partition coefficient (Wildman–Crippen LogP) is 5.48. The monoisotopic (exact) mass is 384 g/mol. The van der Waals surface area contributed by atoms with E-state index >= 15 is 0 Å². The summed E-state index contributed by atoms with van der Waals surface area (Å²) in [6.07, 6.45) is 1.65. The fourth-order valence-corrected chi connectivity index (χ4v) is 3.79. The van der Waals surface area contributed by atoms with Crippen LogP contribution in [-0.2, 0) is 0 Å². The number of carbonyl (C=O) groups excluding carboxylic acids is 2. The SMILES string of the molecule is O=C(c1ccc(-c2ccccc2)cc1)C1CCCN(C(=O)Nc2ccccc2)C1. The lowest BCUT2D eigenvalue weighted by Crippen LogP contribution is -2.44. The Hall–Kier alpha value is -3.40. The van der Waals surface area contributed by atoms with E-state index in [-0.39, 0.29) is 17.7 Å². The van der Waals surface area contributed by atoms with Crippen LogP contribution in [0.15, 0.2) is 84.9 Å². The molecule has 1 fully saturated rings. The lowest BCUT2D eigenvalue weighted by molar-refractivity contribution is 0.0851. The first kappa shape index (κ1) is 18.9. The van der Waals surface area contributed by atoms with E-state index in [4.69, 9.17) is 0 Å². The summed E-state index contributed by atoms with van der Waals surface area (Å²) in [4.78, 5) is 27.3. The third-order valence-electron chi connectivity index (χ3n) is 5.38. The van der Waals surface area contributed by atoms with Gasteiger partial charge in [-0.3, -0.25) is 4.79 Å². The first-order chi connectivity index (χ1) is 14.2. The van der Waals surface area contributed by atoms with E-state index < -0.39 is 0 Å². The average molecular weight is 384 g/mol. The molecule has 1 heterocycles. The van der Waals surface area contributed by atoms with Crippen LogP contribution in [0.25, 0.3) is 11.1 Å². The van der Waals surface area contributed by atoms with Crippen molar-refractivity contribution < 1.29 is 9.59 Å². The molecule has 1 saturated heterocycles. The summed E-state index contributed by atoms with van der Waals surface area (Å²) < 4.78 is 0. The number of Topliss-reactive ketones (excluding diaryl/α,β-unsaturated/α-hetero) is 1. The molecule has 29 heavy (non-hydrogen) atoms. The number of nitrogens with zero attached hydrogens (tertiary/aromatic N) is 1. The minimum absolute atomic E-state index is 0.113. The summed E-state index contributed by atoms with van der Waals surface area (Å²) in [5.41, 5.74) is 3.70. The minimum Gasteiger partial charge on any atom is -0.324 e. The van der Waals surface area contributed by atoms with Gasteiger partial charge < -0.3 is 10.2 Å². The van der Waals surface area contributed by atoms with Crippen LogP contribution < -0.4 is 5.32 Å². The van der Waals surface area contributed by atoms with Crippen molar-refractivity contribution in [1.82, 2.24) is 4.90 Å². The van der Waals surface area contributed by atoms with Crippen LogP contribution >= 0.6 is 0 Å². The number of piperidine rings is 1. The molecule has 2 amide bonds. The highest BCUT2D eigenvalue weighted by molar-refractivity contribution is 5.99. The Morgan fingerprint density at radius 1 is 0.793 bits per heavy atom. The second-order valence-electron chi connectivity index (χ2n) is 7.39. The molecular formula is C25H24N2O2. The van der Waals surface area contributed by atoms with Crippen LogP contribution in [0.5, 0.6) is 0 Å². The maximum Gasteiger partial charge on any atom is 0.321 e. The Bertz CT molecular complexity index is 969. The molecule has 0 radical (unpaired) electrons. The third-order valence-corrected chi connectivity index (χ3v) is 5.38. The molecule has 3 aromatic rings. The Balaban J connectivity index is 1.41. The molecule has 1 unspecified atom stereocenters. The summed E-state index contributed by atoms with van der Waals surface area (Å²) in [6, 6.07) is 27.1. The van der Waals surface area contributed by atoms with E-state index in [2.05, 4.69) is 17.4 Å². The summed E-state index contributed by atoms with van der Waals surface area (Å²) in [5.74, 6) is -0.0466. The van der Waals surface area contributed by atoms with Crippen LogP contribution in [0.1, 0.15) is 23.2 Å². The van der Waals surface area contributed by atoms with Gasteiger partial charge in [-0.25, -0.2) is 4.79 Å². The van der Waals surface area contributed by atoms with Crippen molar-refractivity contribution in [3.63, 3.8) is 0 Å². The lowest BCUT2D eigenvalue weighted by atomic mass is 9.89. The van der Waals surface area contributed by atoms with Gasteiger partial charge in [-0.15, -0.1) is 0 Å². The second-order valence-corrected chi connectivity index (χ2v) is 7.39. The van der Waals surface area contributed by atoms with Gasteiger partial charge in [0.05, 0.1) is 0 Å². The number of likely N-dealkylation sites (tertiary alicyclic amines) is 1. The number of amides is 2. The van der Waals surface area contributed by atoms with Crippen molar-refractivity contribution in [2.45, 2.75) is 12.8 Å². The van der Waals surface area contributed by atoms with Crippen LogP contribution in [0, 0.1) is 5.92 Å². The summed E-state index contributed by atoms with van der Waals surface area (Å²) in [5, 5.41) is 2.91. The molecule has 0 spiro atoms. The molecule has 0 aromatic heterocycles. The molecule has 1 atom stereocenters. The molecule has 3 aromatic carbocycles. The number of hydrogen-bond donors (Lipinski definition) is 1. The minimum atomic E-state index is -0.159. The van der Waals surface area contributed by atoms with E-state index in [0.29, 0.717) is 18.7 Å². The van der Waals surface area contributed by atoms with Crippen molar-refractivity contribution >= 4 is 17.5 Å². The van der Waals surface area contributed by atoms with Crippen molar-refractivity contribution in [3.8, 4) is 11.1 Å². The largest absolute Gasteiger partial charge is 0.324 e. The first-order valence-electron chi connectivity index (χ1n) is 10.0. The standard InChI is InChI=1S/C25H24N2O2/c28-24(21-15-13-20(14-16-21)19-8-3-1-4-9-19)22-10-7-17-27(18-22)25(29)26-23-11-5-2-6-12-23/h1-6,8-9,11-16,22H,7,10,17-18H2,(H,26,29). The Labute approximate surface area is 171 Å². The van der Waals surface area contributed by atoms with Gasteiger partial charge in [-0.2, -0.15) is 0 Å². The molecule has 4 nitrogen and oxygen atoms in total. The maximum absolute atomic E-state index is 13.0. The van der Waals surface area contributed by atoms with Crippen LogP contribution in [0.4, 0.5) is 10.5 Å². The molecule has 0 bridgehead atoms. The van der Waals surface area contributed by atoms with Gasteiger partial charge in [0.15, 0.2) is 5.78 Å². The molecule has 4 rings (SSSR count). The van der Waals surface area contributed by atoms with Crippen LogP contribution in [0.3, 0.4) is 0 Å². The highest BCUT2D eigenvalue weighted by atomic mass is 16.2. The number of urea groups is 1. The summed E-state index contributed by atoms with van der Waals surface area (Å²) in [7, 11) is 0. The number of para-hydroxylation sites is 1. The number of rotatable bonds is 4. The van der Waals surface area contributed by atoms with E-state index in [1.165, 1.54) is 0 Å². The van der Waals surface area contributed by atoms with E-state index in [1.807, 2.05) is 72.8 Å². The molecule has 4 heteroatoms. The van der Waals surface area contributed by atoms with Crippen molar-refractivity contribution in [2.75, 3.05) is 18.4 Å². The fraction of sp³-hybridized carbons (Fsp3) is 0.200. The normalized spacial score (nSPS) is 16.3. The smallest absolute Gasteiger partial charge is 0.321 e. The number of carbonyl (C=O) groups is 2. The second kappa shape index (κ2) is 8.74. The first-order valence-corrected chi connectivity index (χ1v) is 10.0. The third kappa shape index (κ3) is 4.54. The van der Waals surface area contributed by atoms with Crippen molar-refractivity contribution in [1.29, 1.82) is 0 Å². The van der Waals surface area contributed by atoms with Gasteiger partial charge >= 0.3 is 6.03 Å². The van der Waals surface area contributed by atoms with Gasteiger partial charge in [0.1, 0.15) is 0 Å². The number of hydrogen-bond acceptors (Lipinski definition) is 2. The van der Waals surface area contributed by atoms with E-state index in [1.54, 1.807) is 4.90 Å². The number of benzene rings is 3. The summed E-state index contributed by atoms with van der Waals surface area (Å²) in [6.45, 7) is 1.13. The quantitative estimate of drug-likeness (QED) is 0.606. The van der Waals surface area contributed by atoms with E-state index in [0.717, 1.165) is 29.7 Å². The zero-order valence-corrected chi connectivity index (χ0v) is 16.3. The lowest BCUT2D eigenvalue weighted by Gasteiger charge is -2.32. The molecule has 0 aliphatic carbocycles. The fourth-order valence-electron chi connectivity index (χ4n) is 3.79. The molecule has 1 aliphatic heterocycles. The van der Waals surface area contributed by atoms with Gasteiger partial charge in [0.25, 0.3) is 0 Å². The van der Waals surface area contributed by atoms with Gasteiger partial charge in [0.2, 0.25) is 0 Å². The molecular weight excluding hydrogens is 360 g/mol. The van der Waals surface area contributed by atoms with E-state index in [9.17, 15) is 9.59 Å². The molecule has 0 saturated carbocycles. The summed E-state index contributed by atoms with van der Waals surface area (Å²) >= 11 is 0. The Kier molecular flexibility index (Phi) is 5.71.